The van der Waals surface area contributed by atoms with E-state index < -0.39 is 4.92 Å². The van der Waals surface area contributed by atoms with Gasteiger partial charge in [-0.1, -0.05) is 12.8 Å². The molecule has 1 aliphatic carbocycles. The average molecular weight is 307 g/mol. The lowest BCUT2D eigenvalue weighted by Gasteiger charge is -2.10. The van der Waals surface area contributed by atoms with Crippen LogP contribution in [-0.2, 0) is 0 Å². The number of hydrogen-bond acceptors (Lipinski definition) is 8. The van der Waals surface area contributed by atoms with Gasteiger partial charge in [-0.15, -0.1) is 5.10 Å². The second-order valence-electron chi connectivity index (χ2n) is 4.79. The van der Waals surface area contributed by atoms with Crippen LogP contribution in [0.2, 0.25) is 0 Å². The molecule has 9 nitrogen and oxygen atoms in total. The first kappa shape index (κ1) is 13.7. The summed E-state index contributed by atoms with van der Waals surface area (Å²) in [5.74, 6) is 0.103. The van der Waals surface area contributed by atoms with Crippen molar-refractivity contribution in [3.05, 3.63) is 22.2 Å². The van der Waals surface area contributed by atoms with Gasteiger partial charge in [0, 0.05) is 6.07 Å². The number of nitrogen functional groups attached to an aromatic ring is 1. The molecule has 0 atom stereocenters. The number of rotatable bonds is 4. The summed E-state index contributed by atoms with van der Waals surface area (Å²) in [4.78, 5) is 14.4. The molecule has 0 spiro atoms. The molecule has 0 amide bonds. The monoisotopic (exact) mass is 307 g/mol. The van der Waals surface area contributed by atoms with Gasteiger partial charge in [0.2, 0.25) is 5.16 Å². The smallest absolute Gasteiger partial charge is 0.275 e. The first-order valence-electron chi connectivity index (χ1n) is 6.51. The third-order valence-corrected chi connectivity index (χ3v) is 4.22. The van der Waals surface area contributed by atoms with Crippen LogP contribution in [0.3, 0.4) is 0 Å². The van der Waals surface area contributed by atoms with E-state index in [1.807, 2.05) is 0 Å². The van der Waals surface area contributed by atoms with Crippen LogP contribution in [0.15, 0.2) is 22.3 Å². The third kappa shape index (κ3) is 2.94. The van der Waals surface area contributed by atoms with Crippen LogP contribution in [-0.4, -0.2) is 30.1 Å². The standard InChI is InChI=1S/C11H13N7O2S/c12-9-5-8(18(19)20)6-10(13-9)21-11-14-15-16-17(11)7-3-1-2-4-7/h5-7H,1-4H2,(H2,12,13). The van der Waals surface area contributed by atoms with Crippen molar-refractivity contribution < 1.29 is 4.92 Å². The molecule has 0 radical (unpaired) electrons. The van der Waals surface area contributed by atoms with Crippen LogP contribution in [0.5, 0.6) is 0 Å². The molecule has 2 heterocycles. The van der Waals surface area contributed by atoms with E-state index in [0.717, 1.165) is 25.7 Å². The van der Waals surface area contributed by atoms with Gasteiger partial charge < -0.3 is 5.73 Å². The number of hydrogen-bond donors (Lipinski definition) is 1. The summed E-state index contributed by atoms with van der Waals surface area (Å²) < 4.78 is 1.77. The lowest BCUT2D eigenvalue weighted by molar-refractivity contribution is -0.385. The molecule has 0 saturated heterocycles. The summed E-state index contributed by atoms with van der Waals surface area (Å²) in [6.07, 6.45) is 4.42. The molecule has 0 unspecified atom stereocenters. The van der Waals surface area contributed by atoms with Crippen molar-refractivity contribution in [3.63, 3.8) is 0 Å². The van der Waals surface area contributed by atoms with E-state index in [1.54, 1.807) is 4.68 Å². The SMILES string of the molecule is Nc1cc([N+](=O)[O-])cc(Sc2nnnn2C2CCCC2)n1. The molecule has 1 fully saturated rings. The Kier molecular flexibility index (Phi) is 3.69. The Balaban J connectivity index is 1.87. The maximum atomic E-state index is 10.9. The zero-order valence-corrected chi connectivity index (χ0v) is 11.9. The molecule has 2 N–H and O–H groups in total. The van der Waals surface area contributed by atoms with E-state index in [1.165, 1.54) is 23.9 Å². The van der Waals surface area contributed by atoms with Crippen molar-refractivity contribution in [2.24, 2.45) is 0 Å². The molecule has 2 aromatic heterocycles. The van der Waals surface area contributed by atoms with Crippen LogP contribution in [0.1, 0.15) is 31.7 Å². The van der Waals surface area contributed by atoms with Crippen molar-refractivity contribution in [2.45, 2.75) is 41.9 Å². The zero-order chi connectivity index (χ0) is 14.8. The lowest BCUT2D eigenvalue weighted by atomic mass is 10.3. The Morgan fingerprint density at radius 3 is 2.86 bits per heavy atom. The Labute approximate surface area is 124 Å². The number of tetrazole rings is 1. The molecule has 0 aromatic carbocycles. The van der Waals surface area contributed by atoms with E-state index in [0.29, 0.717) is 16.2 Å². The Hall–Kier alpha value is -2.23. The highest BCUT2D eigenvalue weighted by molar-refractivity contribution is 7.99. The fourth-order valence-electron chi connectivity index (χ4n) is 2.39. The zero-order valence-electron chi connectivity index (χ0n) is 11.0. The van der Waals surface area contributed by atoms with Crippen molar-refractivity contribution in [3.8, 4) is 0 Å². The van der Waals surface area contributed by atoms with Crippen molar-refractivity contribution in [1.82, 2.24) is 25.2 Å². The van der Waals surface area contributed by atoms with Gasteiger partial charge in [-0.2, -0.15) is 0 Å². The van der Waals surface area contributed by atoms with Gasteiger partial charge in [-0.05, 0) is 35.0 Å². The van der Waals surface area contributed by atoms with Crippen LogP contribution in [0.25, 0.3) is 0 Å². The molecular weight excluding hydrogens is 294 g/mol. The van der Waals surface area contributed by atoms with Gasteiger partial charge in [-0.25, -0.2) is 9.67 Å². The normalized spacial score (nSPS) is 15.4. The predicted octanol–water partition coefficient (Wildman–Crippen LogP) is 1.82. The average Bonchev–Trinajstić information content (AvgIpc) is 3.08. The van der Waals surface area contributed by atoms with E-state index in [4.69, 9.17) is 5.73 Å². The van der Waals surface area contributed by atoms with Crippen LogP contribution < -0.4 is 5.73 Å². The predicted molar refractivity (Wildman–Crippen MR) is 74.7 cm³/mol. The van der Waals surface area contributed by atoms with E-state index in [2.05, 4.69) is 20.5 Å². The molecule has 21 heavy (non-hydrogen) atoms. The molecule has 1 aliphatic rings. The molecule has 110 valence electrons. The summed E-state index contributed by atoms with van der Waals surface area (Å²) in [7, 11) is 0. The van der Waals surface area contributed by atoms with Crippen molar-refractivity contribution in [2.75, 3.05) is 5.73 Å². The maximum Gasteiger partial charge on any atom is 0.275 e. The van der Waals surface area contributed by atoms with Gasteiger partial charge >= 0.3 is 0 Å². The van der Waals surface area contributed by atoms with Crippen LogP contribution >= 0.6 is 11.8 Å². The second kappa shape index (κ2) is 5.64. The maximum absolute atomic E-state index is 10.9. The summed E-state index contributed by atoms with van der Waals surface area (Å²) in [6, 6.07) is 2.89. The minimum absolute atomic E-state index is 0.0927. The summed E-state index contributed by atoms with van der Waals surface area (Å²) in [6.45, 7) is 0. The fraction of sp³-hybridized carbons (Fsp3) is 0.455. The highest BCUT2D eigenvalue weighted by atomic mass is 32.2. The van der Waals surface area contributed by atoms with Gasteiger partial charge in [0.1, 0.15) is 10.8 Å². The third-order valence-electron chi connectivity index (χ3n) is 3.35. The Bertz CT molecular complexity index is 668. The fourth-order valence-corrected chi connectivity index (χ4v) is 3.27. The minimum atomic E-state index is -0.498. The summed E-state index contributed by atoms with van der Waals surface area (Å²) in [5.41, 5.74) is 5.51. The molecule has 0 bridgehead atoms. The Morgan fingerprint density at radius 1 is 1.38 bits per heavy atom. The Morgan fingerprint density at radius 2 is 2.14 bits per heavy atom. The van der Waals surface area contributed by atoms with Crippen LogP contribution in [0, 0.1) is 10.1 Å². The summed E-state index contributed by atoms with van der Waals surface area (Å²) >= 11 is 1.18. The quantitative estimate of drug-likeness (QED) is 0.669. The molecule has 0 aliphatic heterocycles. The summed E-state index contributed by atoms with van der Waals surface area (Å²) in [5, 5.41) is 23.5. The highest BCUT2D eigenvalue weighted by Gasteiger charge is 2.22. The first-order chi connectivity index (χ1) is 10.1. The topological polar surface area (TPSA) is 126 Å². The van der Waals surface area contributed by atoms with Gasteiger partial charge in [0.05, 0.1) is 17.0 Å². The van der Waals surface area contributed by atoms with Gasteiger partial charge in [-0.3, -0.25) is 10.1 Å². The number of nitrogens with zero attached hydrogens (tertiary/aromatic N) is 6. The van der Waals surface area contributed by atoms with E-state index in [-0.39, 0.29) is 11.5 Å². The van der Waals surface area contributed by atoms with Crippen molar-refractivity contribution >= 4 is 23.3 Å². The molecular formula is C11H13N7O2S. The number of anilines is 1. The largest absolute Gasteiger partial charge is 0.383 e. The second-order valence-corrected chi connectivity index (χ2v) is 5.78. The van der Waals surface area contributed by atoms with Gasteiger partial charge in [0.15, 0.2) is 0 Å². The van der Waals surface area contributed by atoms with E-state index >= 15 is 0 Å². The minimum Gasteiger partial charge on any atom is -0.383 e. The molecule has 3 rings (SSSR count). The van der Waals surface area contributed by atoms with Gasteiger partial charge in [0.25, 0.3) is 5.69 Å². The lowest BCUT2D eigenvalue weighted by Crippen LogP contribution is -2.08. The number of aromatic nitrogens is 5. The first-order valence-corrected chi connectivity index (χ1v) is 7.33. The van der Waals surface area contributed by atoms with Crippen LogP contribution in [0.4, 0.5) is 11.5 Å². The van der Waals surface area contributed by atoms with E-state index in [9.17, 15) is 10.1 Å². The molecule has 2 aromatic rings. The highest BCUT2D eigenvalue weighted by Crippen LogP contribution is 2.34. The van der Waals surface area contributed by atoms with Crippen molar-refractivity contribution in [1.29, 1.82) is 0 Å². The molecule has 1 saturated carbocycles. The number of nitro groups is 1. The molecule has 10 heteroatoms. The number of nitrogens with two attached hydrogens (primary N) is 1. The number of pyridine rings is 1.